The van der Waals surface area contributed by atoms with Crippen LogP contribution in [0.3, 0.4) is 0 Å². The van der Waals surface area contributed by atoms with E-state index >= 15 is 0 Å². The van der Waals surface area contributed by atoms with Crippen LogP contribution in [-0.2, 0) is 23.2 Å². The van der Waals surface area contributed by atoms with Crippen molar-refractivity contribution in [3.8, 4) is 0 Å². The van der Waals surface area contributed by atoms with E-state index in [1.165, 1.54) is 21.7 Å². The second-order valence-corrected chi connectivity index (χ2v) is 14.3. The third-order valence-electron chi connectivity index (χ3n) is 6.34. The minimum Gasteiger partial charge on any atom is -1.00 e. The number of hydrogen-bond acceptors (Lipinski definition) is 0. The Bertz CT molecular complexity index is 1280. The standard InChI is InChI=1S/C21H16P.C9H7.2ClH.Zr/c1-3-11-19(12-4-1)22(20-13-5-2-6-14-20)21-15-17-9-7-8-10-18(17)16-21;1-2-5-9-7-3-6-8(9)4-1;;;/h1-16H;1-7H;2*1H;/q;;;;+2/p-2. The summed E-state index contributed by atoms with van der Waals surface area (Å²) in [6.07, 6.45) is 7.38. The third-order valence-corrected chi connectivity index (χ3v) is 13.9. The summed E-state index contributed by atoms with van der Waals surface area (Å²) >= 11 is -0.853. The molecule has 2 aliphatic rings. The van der Waals surface area contributed by atoms with Gasteiger partial charge in [-0.2, -0.15) is 0 Å². The normalized spacial score (nSPS) is 17.1. The van der Waals surface area contributed by atoms with Gasteiger partial charge < -0.3 is 24.8 Å². The molecule has 0 radical (unpaired) electrons. The molecule has 34 heavy (non-hydrogen) atoms. The van der Waals surface area contributed by atoms with E-state index in [9.17, 15) is 0 Å². The van der Waals surface area contributed by atoms with Crippen LogP contribution in [0.15, 0.2) is 121 Å². The molecule has 0 amide bonds. The van der Waals surface area contributed by atoms with E-state index in [1.54, 1.807) is 16.4 Å². The molecular weight excluding hydrogens is 553 g/mol. The Labute approximate surface area is 227 Å². The van der Waals surface area contributed by atoms with Crippen LogP contribution in [0, 0.1) is 0 Å². The average molecular weight is 577 g/mol. The largest absolute Gasteiger partial charge is 1.00 e. The first kappa shape index (κ1) is 25.3. The van der Waals surface area contributed by atoms with Gasteiger partial charge in [0.05, 0.1) is 0 Å². The van der Waals surface area contributed by atoms with E-state index in [1.807, 2.05) is 0 Å². The van der Waals surface area contributed by atoms with Gasteiger partial charge in [0.2, 0.25) is 0 Å². The average Bonchev–Trinajstić information content (AvgIpc) is 3.43. The van der Waals surface area contributed by atoms with Crippen LogP contribution >= 0.6 is 7.92 Å². The SMILES string of the molecule is C1=C[CH]([Zr+2][CH]2C(P(c3ccccc3)c3ccccc3)=Cc3ccccc32)c2ccccc21.[Cl-].[Cl-]. The molecule has 0 nitrogen and oxygen atoms in total. The van der Waals surface area contributed by atoms with Crippen molar-refractivity contribution >= 4 is 30.7 Å². The maximum atomic E-state index is 2.54. The van der Waals surface area contributed by atoms with E-state index in [-0.39, 0.29) is 24.8 Å². The number of rotatable bonds is 5. The zero-order chi connectivity index (χ0) is 21.3. The van der Waals surface area contributed by atoms with Gasteiger partial charge in [-0.05, 0) is 0 Å². The van der Waals surface area contributed by atoms with Gasteiger partial charge in [0, 0.05) is 0 Å². The number of allylic oxidation sites excluding steroid dienone is 2. The topological polar surface area (TPSA) is 0 Å². The van der Waals surface area contributed by atoms with Crippen molar-refractivity contribution in [1.29, 1.82) is 0 Å². The minimum atomic E-state index is -0.853. The molecule has 0 spiro atoms. The molecule has 0 saturated carbocycles. The summed E-state index contributed by atoms with van der Waals surface area (Å²) in [5.41, 5.74) is 5.96. The Hall–Kier alpha value is -1.75. The van der Waals surface area contributed by atoms with E-state index in [0.717, 1.165) is 0 Å². The molecule has 0 bridgehead atoms. The van der Waals surface area contributed by atoms with Gasteiger partial charge in [0.15, 0.2) is 0 Å². The first-order valence-corrected chi connectivity index (χ1v) is 15.3. The fourth-order valence-corrected chi connectivity index (χ4v) is 12.9. The molecule has 2 atom stereocenters. The van der Waals surface area contributed by atoms with Crippen molar-refractivity contribution in [3.05, 3.63) is 143 Å². The smallest absolute Gasteiger partial charge is 1.00 e. The Kier molecular flexibility index (Phi) is 8.44. The van der Waals surface area contributed by atoms with Crippen LogP contribution < -0.4 is 35.4 Å². The van der Waals surface area contributed by atoms with Crippen LogP contribution in [0.2, 0.25) is 0 Å². The summed E-state index contributed by atoms with van der Waals surface area (Å²) in [6, 6.07) is 40.5. The molecule has 0 saturated heterocycles. The number of fused-ring (bicyclic) bond motifs is 2. The van der Waals surface area contributed by atoms with E-state index < -0.39 is 31.2 Å². The Morgan fingerprint density at radius 1 is 0.559 bits per heavy atom. The van der Waals surface area contributed by atoms with Gasteiger partial charge in [-0.25, -0.2) is 0 Å². The first-order chi connectivity index (χ1) is 15.9. The predicted molar refractivity (Wildman–Crippen MR) is 134 cm³/mol. The number of halogens is 2. The van der Waals surface area contributed by atoms with Gasteiger partial charge in [-0.15, -0.1) is 0 Å². The van der Waals surface area contributed by atoms with E-state index in [4.69, 9.17) is 0 Å². The van der Waals surface area contributed by atoms with Gasteiger partial charge in [0.25, 0.3) is 0 Å². The molecule has 2 aliphatic carbocycles. The molecule has 6 rings (SSSR count). The summed E-state index contributed by atoms with van der Waals surface area (Å²) in [5.74, 6) is 0. The molecule has 0 N–H and O–H groups in total. The zero-order valence-electron chi connectivity index (χ0n) is 18.5. The van der Waals surface area contributed by atoms with Crippen LogP contribution in [-0.4, -0.2) is 0 Å². The van der Waals surface area contributed by atoms with Crippen LogP contribution in [0.25, 0.3) is 12.2 Å². The Morgan fingerprint density at radius 2 is 1.09 bits per heavy atom. The van der Waals surface area contributed by atoms with Gasteiger partial charge in [0.1, 0.15) is 0 Å². The molecule has 2 unspecified atom stereocenters. The van der Waals surface area contributed by atoms with Crippen molar-refractivity contribution in [2.24, 2.45) is 0 Å². The maximum Gasteiger partial charge on any atom is -1.00 e. The van der Waals surface area contributed by atoms with E-state index in [0.29, 0.717) is 7.25 Å². The van der Waals surface area contributed by atoms with Crippen LogP contribution in [0.4, 0.5) is 0 Å². The fourth-order valence-electron chi connectivity index (χ4n) is 4.85. The fraction of sp³-hybridized carbons (Fsp3) is 0.0667. The van der Waals surface area contributed by atoms with Crippen LogP contribution in [0.1, 0.15) is 29.5 Å². The number of hydrogen-bond donors (Lipinski definition) is 0. The summed E-state index contributed by atoms with van der Waals surface area (Å²) in [6.45, 7) is 0. The minimum absolute atomic E-state index is 0. The molecule has 166 valence electrons. The zero-order valence-corrected chi connectivity index (χ0v) is 23.3. The van der Waals surface area contributed by atoms with Crippen molar-refractivity contribution in [1.82, 2.24) is 0 Å². The van der Waals surface area contributed by atoms with Gasteiger partial charge >= 0.3 is 204 Å². The third kappa shape index (κ3) is 4.82. The number of benzene rings is 4. The maximum absolute atomic E-state index is 2.54. The molecule has 0 aromatic heterocycles. The monoisotopic (exact) mass is 574 g/mol. The first-order valence-electron chi connectivity index (χ1n) is 11.1. The van der Waals surface area contributed by atoms with Crippen molar-refractivity contribution < 1.29 is 48.0 Å². The van der Waals surface area contributed by atoms with E-state index in [2.05, 4.69) is 127 Å². The molecular formula is C30H23Cl2PZr. The Morgan fingerprint density at radius 3 is 1.74 bits per heavy atom. The van der Waals surface area contributed by atoms with Crippen molar-refractivity contribution in [3.63, 3.8) is 0 Å². The molecule has 0 fully saturated rings. The van der Waals surface area contributed by atoms with Crippen molar-refractivity contribution in [2.45, 2.75) is 7.25 Å². The predicted octanol–water partition coefficient (Wildman–Crippen LogP) is 1.07. The second kappa shape index (κ2) is 11.3. The molecule has 0 heterocycles. The summed E-state index contributed by atoms with van der Waals surface area (Å²) in [7, 11) is -0.546. The molecule has 4 aromatic rings. The Balaban J connectivity index is 0.00000137. The summed E-state index contributed by atoms with van der Waals surface area (Å²) in [4.78, 5) is 0. The quantitative estimate of drug-likeness (QED) is 0.312. The molecule has 0 aliphatic heterocycles. The summed E-state index contributed by atoms with van der Waals surface area (Å²) in [5, 5.41) is 4.57. The van der Waals surface area contributed by atoms with Gasteiger partial charge in [-0.1, -0.05) is 0 Å². The second-order valence-electron chi connectivity index (χ2n) is 8.27. The van der Waals surface area contributed by atoms with Crippen molar-refractivity contribution in [2.75, 3.05) is 0 Å². The van der Waals surface area contributed by atoms with Gasteiger partial charge in [-0.3, -0.25) is 0 Å². The van der Waals surface area contributed by atoms with Crippen LogP contribution in [0.5, 0.6) is 0 Å². The molecule has 4 heteroatoms. The molecule has 4 aromatic carbocycles. The summed E-state index contributed by atoms with van der Waals surface area (Å²) < 4.78 is 1.24.